The molecule has 4 heteroatoms. The Morgan fingerprint density at radius 1 is 1.47 bits per heavy atom. The molecule has 1 aliphatic rings. The summed E-state index contributed by atoms with van der Waals surface area (Å²) in [5.41, 5.74) is 0.159. The highest BCUT2D eigenvalue weighted by atomic mass is 35.5. The lowest BCUT2D eigenvalue weighted by molar-refractivity contribution is -0.0119. The minimum absolute atomic E-state index is 0.237. The average molecular weight is 284 g/mol. The third-order valence-corrected chi connectivity index (χ3v) is 4.11. The minimum atomic E-state index is -0.605. The lowest BCUT2D eigenvalue weighted by Gasteiger charge is -2.35. The van der Waals surface area contributed by atoms with Crippen molar-refractivity contribution in [3.63, 3.8) is 0 Å². The predicted octanol–water partition coefficient (Wildman–Crippen LogP) is 3.08. The van der Waals surface area contributed by atoms with E-state index in [4.69, 9.17) is 11.6 Å². The number of halogens is 1. The van der Waals surface area contributed by atoms with Crippen molar-refractivity contribution in [3.05, 3.63) is 28.8 Å². The molecule has 0 aliphatic heterocycles. The van der Waals surface area contributed by atoms with E-state index in [0.717, 1.165) is 24.8 Å². The van der Waals surface area contributed by atoms with Gasteiger partial charge in [0.05, 0.1) is 5.60 Å². The van der Waals surface area contributed by atoms with Gasteiger partial charge in [-0.05, 0) is 37.0 Å². The van der Waals surface area contributed by atoms with Crippen LogP contribution < -0.4 is 5.32 Å². The summed E-state index contributed by atoms with van der Waals surface area (Å²) in [5, 5.41) is 24.1. The largest absolute Gasteiger partial charge is 0.508 e. The highest BCUT2D eigenvalue weighted by molar-refractivity contribution is 6.30. The van der Waals surface area contributed by atoms with Crippen LogP contribution in [-0.4, -0.2) is 22.4 Å². The van der Waals surface area contributed by atoms with E-state index in [0.29, 0.717) is 24.0 Å². The Balaban J connectivity index is 1.87. The molecule has 1 aromatic rings. The van der Waals surface area contributed by atoms with Crippen LogP contribution in [0, 0.1) is 5.92 Å². The van der Waals surface area contributed by atoms with Crippen molar-refractivity contribution in [2.45, 2.75) is 44.8 Å². The fourth-order valence-corrected chi connectivity index (χ4v) is 3.11. The quantitative estimate of drug-likeness (QED) is 0.796. The molecule has 1 fully saturated rings. The highest BCUT2D eigenvalue weighted by Gasteiger charge is 2.31. The molecule has 106 valence electrons. The number of phenolic OH excluding ortho intramolecular Hbond substituents is 1. The maximum atomic E-state index is 10.5. The maximum absolute atomic E-state index is 10.5. The molecular weight excluding hydrogens is 262 g/mol. The maximum Gasteiger partial charge on any atom is 0.120 e. The number of rotatable bonds is 4. The molecule has 0 saturated heterocycles. The Labute approximate surface area is 119 Å². The zero-order valence-corrected chi connectivity index (χ0v) is 12.1. The number of hydrogen-bond acceptors (Lipinski definition) is 3. The second kappa shape index (κ2) is 6.12. The van der Waals surface area contributed by atoms with Gasteiger partial charge in [0, 0.05) is 23.7 Å². The molecule has 2 atom stereocenters. The van der Waals surface area contributed by atoms with Gasteiger partial charge in [-0.1, -0.05) is 31.4 Å². The molecule has 0 amide bonds. The molecule has 0 bridgehead atoms. The minimum Gasteiger partial charge on any atom is -0.508 e. The summed E-state index contributed by atoms with van der Waals surface area (Å²) < 4.78 is 0. The van der Waals surface area contributed by atoms with Gasteiger partial charge < -0.3 is 15.5 Å². The lowest BCUT2D eigenvalue weighted by Crippen LogP contribution is -2.43. The zero-order valence-electron chi connectivity index (χ0n) is 11.3. The van der Waals surface area contributed by atoms with E-state index in [9.17, 15) is 10.2 Å². The molecular formula is C15H22ClNO2. The predicted molar refractivity (Wildman–Crippen MR) is 77.4 cm³/mol. The first-order chi connectivity index (χ1) is 8.98. The summed E-state index contributed by atoms with van der Waals surface area (Å²) in [5.74, 6) is 0.820. The molecule has 19 heavy (non-hydrogen) atoms. The lowest BCUT2D eigenvalue weighted by atomic mass is 9.79. The molecule has 0 spiro atoms. The monoisotopic (exact) mass is 283 g/mol. The van der Waals surface area contributed by atoms with E-state index in [2.05, 4.69) is 12.2 Å². The van der Waals surface area contributed by atoms with Gasteiger partial charge in [0.15, 0.2) is 0 Å². The van der Waals surface area contributed by atoms with Gasteiger partial charge in [0.25, 0.3) is 0 Å². The fraction of sp³-hybridized carbons (Fsp3) is 0.600. The Bertz CT molecular complexity index is 438. The number of aliphatic hydroxyl groups is 1. The highest BCUT2D eigenvalue weighted by Crippen LogP contribution is 2.31. The second-order valence-corrected chi connectivity index (χ2v) is 6.24. The van der Waals surface area contributed by atoms with Crippen LogP contribution in [0.15, 0.2) is 18.2 Å². The van der Waals surface area contributed by atoms with Crippen LogP contribution in [0.4, 0.5) is 0 Å². The van der Waals surface area contributed by atoms with E-state index in [1.54, 1.807) is 18.2 Å². The van der Waals surface area contributed by atoms with E-state index in [1.165, 1.54) is 6.42 Å². The van der Waals surface area contributed by atoms with Crippen molar-refractivity contribution >= 4 is 11.6 Å². The molecule has 2 unspecified atom stereocenters. The topological polar surface area (TPSA) is 52.5 Å². The van der Waals surface area contributed by atoms with Gasteiger partial charge in [-0.3, -0.25) is 0 Å². The summed E-state index contributed by atoms with van der Waals surface area (Å²) in [6, 6.07) is 5.00. The van der Waals surface area contributed by atoms with Crippen LogP contribution in [0.1, 0.15) is 38.2 Å². The molecule has 2 rings (SSSR count). The molecule has 0 aromatic heterocycles. The van der Waals surface area contributed by atoms with Gasteiger partial charge in [-0.25, -0.2) is 0 Å². The van der Waals surface area contributed by atoms with Crippen LogP contribution in [0.2, 0.25) is 5.02 Å². The van der Waals surface area contributed by atoms with Gasteiger partial charge in [0.1, 0.15) is 5.75 Å². The second-order valence-electron chi connectivity index (χ2n) is 5.80. The van der Waals surface area contributed by atoms with Crippen molar-refractivity contribution in [3.8, 4) is 5.75 Å². The SMILES string of the molecule is CC1CCCC(O)(CNCc2cc(Cl)ccc2O)C1. The number of nitrogens with one attached hydrogen (secondary N) is 1. The molecule has 0 heterocycles. The van der Waals surface area contributed by atoms with Gasteiger partial charge >= 0.3 is 0 Å². The number of benzene rings is 1. The first-order valence-corrected chi connectivity index (χ1v) is 7.27. The van der Waals surface area contributed by atoms with Crippen LogP contribution in [0.3, 0.4) is 0 Å². The molecule has 1 saturated carbocycles. The third-order valence-electron chi connectivity index (χ3n) is 3.88. The fourth-order valence-electron chi connectivity index (χ4n) is 2.92. The smallest absolute Gasteiger partial charge is 0.120 e. The van der Waals surface area contributed by atoms with Crippen molar-refractivity contribution in [2.75, 3.05) is 6.54 Å². The zero-order chi connectivity index (χ0) is 13.9. The Morgan fingerprint density at radius 3 is 3.00 bits per heavy atom. The average Bonchev–Trinajstić information content (AvgIpc) is 2.33. The van der Waals surface area contributed by atoms with Crippen LogP contribution in [0.5, 0.6) is 5.75 Å². The van der Waals surface area contributed by atoms with Crippen LogP contribution >= 0.6 is 11.6 Å². The van der Waals surface area contributed by atoms with Gasteiger partial charge in [0.2, 0.25) is 0 Å². The van der Waals surface area contributed by atoms with Crippen LogP contribution in [0.25, 0.3) is 0 Å². The number of aromatic hydroxyl groups is 1. The Morgan fingerprint density at radius 2 is 2.26 bits per heavy atom. The summed E-state index contributed by atoms with van der Waals surface area (Å²) in [7, 11) is 0. The van der Waals surface area contributed by atoms with E-state index < -0.39 is 5.60 Å². The van der Waals surface area contributed by atoms with Crippen molar-refractivity contribution in [2.24, 2.45) is 5.92 Å². The van der Waals surface area contributed by atoms with Gasteiger partial charge in [-0.15, -0.1) is 0 Å². The van der Waals surface area contributed by atoms with E-state index in [-0.39, 0.29) is 5.75 Å². The van der Waals surface area contributed by atoms with E-state index in [1.807, 2.05) is 0 Å². The molecule has 1 aromatic carbocycles. The van der Waals surface area contributed by atoms with Crippen molar-refractivity contribution in [1.29, 1.82) is 0 Å². The third kappa shape index (κ3) is 4.10. The first kappa shape index (κ1) is 14.6. The standard InChI is InChI=1S/C15H22ClNO2/c1-11-3-2-6-15(19,8-11)10-17-9-12-7-13(16)4-5-14(12)18/h4-5,7,11,17-19H,2-3,6,8-10H2,1H3. The Kier molecular flexibility index (Phi) is 4.71. The van der Waals surface area contributed by atoms with E-state index >= 15 is 0 Å². The summed E-state index contributed by atoms with van der Waals surface area (Å²) in [4.78, 5) is 0. The number of phenols is 1. The summed E-state index contributed by atoms with van der Waals surface area (Å²) >= 11 is 5.90. The Hall–Kier alpha value is -0.770. The molecule has 1 aliphatic carbocycles. The van der Waals surface area contributed by atoms with Crippen molar-refractivity contribution < 1.29 is 10.2 Å². The van der Waals surface area contributed by atoms with Gasteiger partial charge in [-0.2, -0.15) is 0 Å². The van der Waals surface area contributed by atoms with Crippen LogP contribution in [-0.2, 0) is 6.54 Å². The molecule has 3 N–H and O–H groups in total. The molecule has 0 radical (unpaired) electrons. The normalized spacial score (nSPS) is 27.4. The summed E-state index contributed by atoms with van der Waals surface area (Å²) in [6.07, 6.45) is 3.99. The first-order valence-electron chi connectivity index (χ1n) is 6.89. The summed E-state index contributed by atoms with van der Waals surface area (Å²) in [6.45, 7) is 3.26. The number of hydrogen-bond donors (Lipinski definition) is 3. The molecule has 3 nitrogen and oxygen atoms in total. The van der Waals surface area contributed by atoms with Crippen molar-refractivity contribution in [1.82, 2.24) is 5.32 Å².